The van der Waals surface area contributed by atoms with E-state index < -0.39 is 0 Å². The molecule has 0 spiro atoms. The first-order chi connectivity index (χ1) is 7.68. The lowest BCUT2D eigenvalue weighted by Crippen LogP contribution is -2.30. The average molecular weight is 235 g/mol. The van der Waals surface area contributed by atoms with Crippen LogP contribution in [-0.2, 0) is 0 Å². The highest BCUT2D eigenvalue weighted by Crippen LogP contribution is 2.19. The Hall–Kier alpha value is -1.12. The summed E-state index contributed by atoms with van der Waals surface area (Å²) in [5, 5.41) is 0. The second-order valence-electron chi connectivity index (χ2n) is 3.93. The number of aliphatic imine (C=N–C) groups is 1. The fraction of sp³-hybridized carbons (Fsp3) is 0.308. The van der Waals surface area contributed by atoms with Gasteiger partial charge in [0.1, 0.15) is 11.7 Å². The molecule has 2 nitrogen and oxygen atoms in total. The summed E-state index contributed by atoms with van der Waals surface area (Å²) in [6.45, 7) is 2.04. The maximum atomic E-state index is 6.23. The van der Waals surface area contributed by atoms with Crippen LogP contribution >= 0.6 is 11.6 Å². The predicted molar refractivity (Wildman–Crippen MR) is 69.8 cm³/mol. The van der Waals surface area contributed by atoms with Gasteiger partial charge in [-0.3, -0.25) is 9.89 Å². The summed E-state index contributed by atoms with van der Waals surface area (Å²) in [5.41, 5.74) is 1.98. The average Bonchev–Trinajstić information content (AvgIpc) is 2.56. The molecule has 16 heavy (non-hydrogen) atoms. The molecule has 84 valence electrons. The Kier molecular flexibility index (Phi) is 3.42. The zero-order valence-corrected chi connectivity index (χ0v) is 10.2. The first-order valence-corrected chi connectivity index (χ1v) is 5.79. The van der Waals surface area contributed by atoms with Crippen molar-refractivity contribution in [3.05, 3.63) is 42.0 Å². The molecule has 2 unspecified atom stereocenters. The lowest BCUT2D eigenvalue weighted by atomic mass is 10.2. The molecule has 0 fully saturated rings. The maximum absolute atomic E-state index is 6.23. The highest BCUT2D eigenvalue weighted by atomic mass is 35.5. The second kappa shape index (κ2) is 4.81. The number of hydrogen-bond acceptors (Lipinski definition) is 2. The van der Waals surface area contributed by atoms with Crippen LogP contribution in [0.2, 0.25) is 0 Å². The van der Waals surface area contributed by atoms with Gasteiger partial charge in [-0.25, -0.2) is 0 Å². The Morgan fingerprint density at radius 3 is 2.50 bits per heavy atom. The number of benzene rings is 1. The lowest BCUT2D eigenvalue weighted by Gasteiger charge is -2.16. The van der Waals surface area contributed by atoms with E-state index in [0.717, 1.165) is 11.3 Å². The van der Waals surface area contributed by atoms with Gasteiger partial charge in [-0.05, 0) is 25.6 Å². The Balaban J connectivity index is 2.12. The Morgan fingerprint density at radius 1 is 1.25 bits per heavy atom. The van der Waals surface area contributed by atoms with Crippen molar-refractivity contribution in [1.29, 1.82) is 0 Å². The normalized spacial score (nSPS) is 26.3. The van der Waals surface area contributed by atoms with E-state index in [1.54, 1.807) is 0 Å². The predicted octanol–water partition coefficient (Wildman–Crippen LogP) is 3.00. The third-order valence-electron chi connectivity index (χ3n) is 2.77. The summed E-state index contributed by atoms with van der Waals surface area (Å²) in [5.74, 6) is 0. The molecule has 1 aliphatic rings. The van der Waals surface area contributed by atoms with Gasteiger partial charge in [0.25, 0.3) is 0 Å². The van der Waals surface area contributed by atoms with Crippen LogP contribution in [0.4, 0.5) is 0 Å². The number of nitrogens with zero attached hydrogens (tertiary/aromatic N) is 2. The Labute approximate surface area is 101 Å². The van der Waals surface area contributed by atoms with Gasteiger partial charge < -0.3 is 0 Å². The van der Waals surface area contributed by atoms with Gasteiger partial charge in [0, 0.05) is 0 Å². The molecule has 1 heterocycles. The molecule has 0 radical (unpaired) electrons. The van der Waals surface area contributed by atoms with Crippen molar-refractivity contribution in [3.8, 4) is 0 Å². The summed E-state index contributed by atoms with van der Waals surface area (Å²) in [6, 6.07) is 10.2. The van der Waals surface area contributed by atoms with E-state index >= 15 is 0 Å². The van der Waals surface area contributed by atoms with Crippen LogP contribution < -0.4 is 0 Å². The van der Waals surface area contributed by atoms with Gasteiger partial charge in [-0.2, -0.15) is 0 Å². The highest BCUT2D eigenvalue weighted by Gasteiger charge is 2.27. The zero-order valence-electron chi connectivity index (χ0n) is 9.47. The second-order valence-corrected chi connectivity index (χ2v) is 4.34. The molecule has 1 aromatic carbocycles. The van der Waals surface area contributed by atoms with E-state index in [4.69, 9.17) is 11.6 Å². The van der Waals surface area contributed by atoms with Crippen molar-refractivity contribution < 1.29 is 0 Å². The molecule has 1 aromatic rings. The van der Waals surface area contributed by atoms with E-state index in [0.29, 0.717) is 0 Å². The minimum atomic E-state index is -0.116. The summed E-state index contributed by atoms with van der Waals surface area (Å²) in [6.07, 6.45) is 4.20. The van der Waals surface area contributed by atoms with Crippen LogP contribution in [0.5, 0.6) is 0 Å². The first-order valence-electron chi connectivity index (χ1n) is 5.35. The summed E-state index contributed by atoms with van der Waals surface area (Å²) in [7, 11) is 1.98. The number of hydrogen-bond donors (Lipinski definition) is 0. The summed E-state index contributed by atoms with van der Waals surface area (Å²) >= 11 is 6.23. The lowest BCUT2D eigenvalue weighted by molar-refractivity contribution is 0.306. The molecule has 0 amide bonds. The van der Waals surface area contributed by atoms with Crippen molar-refractivity contribution in [1.82, 2.24) is 4.90 Å². The van der Waals surface area contributed by atoms with Crippen molar-refractivity contribution >= 4 is 23.4 Å². The van der Waals surface area contributed by atoms with E-state index in [2.05, 4.69) is 17.1 Å². The van der Waals surface area contributed by atoms with Gasteiger partial charge in [-0.15, -0.1) is 0 Å². The van der Waals surface area contributed by atoms with Gasteiger partial charge >= 0.3 is 0 Å². The molecular formula is C13H15ClN2. The van der Waals surface area contributed by atoms with Crippen LogP contribution in [0.1, 0.15) is 12.5 Å². The molecule has 2 rings (SSSR count). The topological polar surface area (TPSA) is 15.6 Å². The van der Waals surface area contributed by atoms with Gasteiger partial charge in [0.15, 0.2) is 0 Å². The highest BCUT2D eigenvalue weighted by molar-refractivity contribution is 6.34. The molecule has 0 saturated heterocycles. The summed E-state index contributed by atoms with van der Waals surface area (Å²) < 4.78 is 0. The fourth-order valence-electron chi connectivity index (χ4n) is 1.63. The van der Waals surface area contributed by atoms with Crippen molar-refractivity contribution in [2.75, 3.05) is 7.05 Å². The third kappa shape index (κ3) is 2.34. The van der Waals surface area contributed by atoms with E-state index in [1.165, 1.54) is 0 Å². The smallest absolute Gasteiger partial charge is 0.129 e. The van der Waals surface area contributed by atoms with Crippen molar-refractivity contribution in [2.24, 2.45) is 4.99 Å². The van der Waals surface area contributed by atoms with E-state index in [1.807, 2.05) is 49.2 Å². The monoisotopic (exact) mass is 234 g/mol. The fourth-order valence-corrected chi connectivity index (χ4v) is 1.93. The van der Waals surface area contributed by atoms with Crippen LogP contribution in [0.25, 0.3) is 6.08 Å². The van der Waals surface area contributed by atoms with Crippen LogP contribution in [0.15, 0.2) is 41.4 Å². The zero-order chi connectivity index (χ0) is 11.5. The van der Waals surface area contributed by atoms with Gasteiger partial charge in [0.2, 0.25) is 0 Å². The van der Waals surface area contributed by atoms with E-state index in [9.17, 15) is 0 Å². The Morgan fingerprint density at radius 2 is 1.94 bits per heavy atom. The molecular weight excluding hydrogens is 220 g/mol. The standard InChI is InChI=1S/C13H15ClN2/c1-10-15-12(13(14)16(10)2)9-8-11-6-4-3-5-7-11/h3-10,13H,1-2H3/b9-8+. The van der Waals surface area contributed by atoms with Gasteiger partial charge in [-0.1, -0.05) is 48.0 Å². The Bertz CT molecular complexity index is 411. The molecule has 3 heteroatoms. The first kappa shape index (κ1) is 11.4. The van der Waals surface area contributed by atoms with Crippen LogP contribution in [0, 0.1) is 0 Å². The van der Waals surface area contributed by atoms with E-state index in [-0.39, 0.29) is 11.7 Å². The van der Waals surface area contributed by atoms with Crippen LogP contribution in [0.3, 0.4) is 0 Å². The minimum Gasteiger partial charge on any atom is -0.268 e. The maximum Gasteiger partial charge on any atom is 0.129 e. The van der Waals surface area contributed by atoms with Crippen molar-refractivity contribution in [2.45, 2.75) is 18.6 Å². The molecule has 0 aliphatic carbocycles. The van der Waals surface area contributed by atoms with Crippen molar-refractivity contribution in [3.63, 3.8) is 0 Å². The minimum absolute atomic E-state index is 0.116. The SMILES string of the molecule is CC1N=C(/C=C/c2ccccc2)C(Cl)N1C. The molecule has 0 N–H and O–H groups in total. The quantitative estimate of drug-likeness (QED) is 0.568. The largest absolute Gasteiger partial charge is 0.268 e. The number of alkyl halides is 1. The molecule has 0 aromatic heterocycles. The van der Waals surface area contributed by atoms with Crippen LogP contribution in [-0.4, -0.2) is 29.3 Å². The van der Waals surface area contributed by atoms with Gasteiger partial charge in [0.05, 0.1) is 5.71 Å². The molecule has 2 atom stereocenters. The number of halogens is 1. The molecule has 0 bridgehead atoms. The molecule has 1 aliphatic heterocycles. The molecule has 0 saturated carbocycles. The number of rotatable bonds is 2. The summed E-state index contributed by atoms with van der Waals surface area (Å²) in [4.78, 5) is 6.52. The third-order valence-corrected chi connectivity index (χ3v) is 3.30.